The van der Waals surface area contributed by atoms with E-state index in [0.717, 1.165) is 17.9 Å². The molecule has 1 aliphatic heterocycles. The highest BCUT2D eigenvalue weighted by Crippen LogP contribution is 2.23. The number of likely N-dealkylation sites (tertiary alicyclic amines) is 1. The zero-order chi connectivity index (χ0) is 14.1. The zero-order valence-electron chi connectivity index (χ0n) is 12.4. The van der Waals surface area contributed by atoms with Crippen LogP contribution in [0.3, 0.4) is 0 Å². The van der Waals surface area contributed by atoms with E-state index in [1.807, 2.05) is 6.20 Å². The lowest BCUT2D eigenvalue weighted by Gasteiger charge is -2.20. The van der Waals surface area contributed by atoms with Crippen molar-refractivity contribution in [3.63, 3.8) is 0 Å². The lowest BCUT2D eigenvalue weighted by Crippen LogP contribution is -2.28. The molecule has 0 aromatic carbocycles. The van der Waals surface area contributed by atoms with E-state index in [9.17, 15) is 0 Å². The van der Waals surface area contributed by atoms with Gasteiger partial charge in [-0.25, -0.2) is 4.98 Å². The zero-order valence-corrected chi connectivity index (χ0v) is 12.4. The number of aromatic nitrogens is 2. The Balaban J connectivity index is 1.79. The van der Waals surface area contributed by atoms with Crippen LogP contribution < -0.4 is 5.73 Å². The predicted molar refractivity (Wildman–Crippen MR) is 81.6 cm³/mol. The van der Waals surface area contributed by atoms with Crippen molar-refractivity contribution in [1.82, 2.24) is 14.3 Å². The van der Waals surface area contributed by atoms with E-state index in [1.54, 1.807) is 0 Å². The summed E-state index contributed by atoms with van der Waals surface area (Å²) >= 11 is 0. The van der Waals surface area contributed by atoms with Crippen LogP contribution >= 0.6 is 0 Å². The van der Waals surface area contributed by atoms with Crippen LogP contribution in [0.15, 0.2) is 24.5 Å². The summed E-state index contributed by atoms with van der Waals surface area (Å²) in [4.78, 5) is 7.19. The molecule has 2 N–H and O–H groups in total. The maximum absolute atomic E-state index is 5.79. The minimum absolute atomic E-state index is 0.569. The summed E-state index contributed by atoms with van der Waals surface area (Å²) in [6.45, 7) is 7.55. The monoisotopic (exact) mass is 272 g/mol. The van der Waals surface area contributed by atoms with Crippen molar-refractivity contribution in [2.45, 2.75) is 39.3 Å². The Labute approximate surface area is 120 Å². The molecule has 0 radical (unpaired) electrons. The molecule has 0 bridgehead atoms. The summed E-state index contributed by atoms with van der Waals surface area (Å²) in [5, 5.41) is 0. The molecule has 20 heavy (non-hydrogen) atoms. The molecule has 0 saturated carbocycles. The fraction of sp³-hybridized carbons (Fsp3) is 0.562. The van der Waals surface area contributed by atoms with Crippen LogP contribution in [-0.2, 0) is 13.0 Å². The SMILES string of the molecule is CC(C)N1CCC(Cc2ncc3c(CN)cccn23)C1. The summed E-state index contributed by atoms with van der Waals surface area (Å²) in [5.74, 6) is 1.90. The minimum atomic E-state index is 0.569. The van der Waals surface area contributed by atoms with E-state index in [4.69, 9.17) is 5.73 Å². The molecule has 1 fully saturated rings. The molecular weight excluding hydrogens is 248 g/mol. The molecule has 1 unspecified atom stereocenters. The lowest BCUT2D eigenvalue weighted by atomic mass is 10.0. The van der Waals surface area contributed by atoms with Crippen LogP contribution in [-0.4, -0.2) is 33.4 Å². The third-order valence-corrected chi connectivity index (χ3v) is 4.47. The van der Waals surface area contributed by atoms with Gasteiger partial charge in [0, 0.05) is 31.7 Å². The third kappa shape index (κ3) is 2.45. The molecular formula is C16H24N4. The Morgan fingerprint density at radius 1 is 1.45 bits per heavy atom. The van der Waals surface area contributed by atoms with Crippen LogP contribution in [0.5, 0.6) is 0 Å². The molecule has 1 saturated heterocycles. The maximum Gasteiger partial charge on any atom is 0.113 e. The number of nitrogens with zero attached hydrogens (tertiary/aromatic N) is 3. The Kier molecular flexibility index (Phi) is 3.76. The largest absolute Gasteiger partial charge is 0.326 e. The van der Waals surface area contributed by atoms with Gasteiger partial charge in [-0.05, 0) is 44.4 Å². The fourth-order valence-electron chi connectivity index (χ4n) is 3.21. The molecule has 3 heterocycles. The smallest absolute Gasteiger partial charge is 0.113 e. The van der Waals surface area contributed by atoms with Crippen molar-refractivity contribution < 1.29 is 0 Å². The van der Waals surface area contributed by atoms with Crippen LogP contribution in [0.25, 0.3) is 5.52 Å². The number of nitrogens with two attached hydrogens (primary N) is 1. The van der Waals surface area contributed by atoms with Gasteiger partial charge in [-0.3, -0.25) is 0 Å². The van der Waals surface area contributed by atoms with Crippen LogP contribution in [0.1, 0.15) is 31.7 Å². The topological polar surface area (TPSA) is 46.6 Å². The molecule has 2 aromatic heterocycles. The first-order valence-corrected chi connectivity index (χ1v) is 7.57. The molecule has 4 heteroatoms. The van der Waals surface area contributed by atoms with E-state index >= 15 is 0 Å². The van der Waals surface area contributed by atoms with Crippen molar-refractivity contribution in [2.24, 2.45) is 11.7 Å². The summed E-state index contributed by atoms with van der Waals surface area (Å²) in [6.07, 6.45) is 6.41. The van der Waals surface area contributed by atoms with Gasteiger partial charge in [0.05, 0.1) is 11.7 Å². The second kappa shape index (κ2) is 5.54. The van der Waals surface area contributed by atoms with Gasteiger partial charge in [0.1, 0.15) is 5.82 Å². The van der Waals surface area contributed by atoms with E-state index in [1.165, 1.54) is 30.9 Å². The molecule has 1 aliphatic rings. The van der Waals surface area contributed by atoms with Crippen LogP contribution in [0.4, 0.5) is 0 Å². The third-order valence-electron chi connectivity index (χ3n) is 4.47. The summed E-state index contributed by atoms with van der Waals surface area (Å²) in [6, 6.07) is 4.80. The Hall–Kier alpha value is -1.39. The normalized spacial score (nSPS) is 20.3. The number of hydrogen-bond donors (Lipinski definition) is 1. The average molecular weight is 272 g/mol. The van der Waals surface area contributed by atoms with E-state index in [2.05, 4.69) is 46.5 Å². The quantitative estimate of drug-likeness (QED) is 0.927. The number of fused-ring (bicyclic) bond motifs is 1. The first-order chi connectivity index (χ1) is 9.69. The maximum atomic E-state index is 5.79. The molecule has 3 rings (SSSR count). The standard InChI is InChI=1S/C16H24N4/c1-12(2)19-7-5-13(11-19)8-16-18-10-15-14(9-17)4-3-6-20(15)16/h3-4,6,10,12-13H,5,7-9,11,17H2,1-2H3. The lowest BCUT2D eigenvalue weighted by molar-refractivity contribution is 0.264. The molecule has 4 nitrogen and oxygen atoms in total. The Morgan fingerprint density at radius 3 is 3.00 bits per heavy atom. The highest BCUT2D eigenvalue weighted by atomic mass is 15.2. The first-order valence-electron chi connectivity index (χ1n) is 7.57. The van der Waals surface area contributed by atoms with Crippen LogP contribution in [0.2, 0.25) is 0 Å². The Bertz CT molecular complexity index is 587. The average Bonchev–Trinajstić information content (AvgIpc) is 3.06. The highest BCUT2D eigenvalue weighted by Gasteiger charge is 2.25. The van der Waals surface area contributed by atoms with Gasteiger partial charge < -0.3 is 15.0 Å². The van der Waals surface area contributed by atoms with Gasteiger partial charge in [0.15, 0.2) is 0 Å². The van der Waals surface area contributed by atoms with E-state index < -0.39 is 0 Å². The van der Waals surface area contributed by atoms with Crippen molar-refractivity contribution in [2.75, 3.05) is 13.1 Å². The highest BCUT2D eigenvalue weighted by molar-refractivity contribution is 5.54. The van der Waals surface area contributed by atoms with Gasteiger partial charge >= 0.3 is 0 Å². The second-order valence-electron chi connectivity index (χ2n) is 6.11. The van der Waals surface area contributed by atoms with E-state index in [-0.39, 0.29) is 0 Å². The second-order valence-corrected chi connectivity index (χ2v) is 6.11. The number of pyridine rings is 1. The molecule has 1 atom stereocenters. The molecule has 0 aliphatic carbocycles. The molecule has 108 valence electrons. The van der Waals surface area contributed by atoms with Crippen molar-refractivity contribution >= 4 is 5.52 Å². The number of imidazole rings is 1. The van der Waals surface area contributed by atoms with Gasteiger partial charge in [-0.1, -0.05) is 6.07 Å². The Morgan fingerprint density at radius 2 is 2.30 bits per heavy atom. The molecule has 0 amide bonds. The number of rotatable bonds is 4. The van der Waals surface area contributed by atoms with Gasteiger partial charge in [-0.15, -0.1) is 0 Å². The van der Waals surface area contributed by atoms with Gasteiger partial charge in [0.2, 0.25) is 0 Å². The number of hydrogen-bond acceptors (Lipinski definition) is 3. The first kappa shape index (κ1) is 13.6. The van der Waals surface area contributed by atoms with Crippen LogP contribution in [0, 0.1) is 5.92 Å². The molecule has 0 spiro atoms. The van der Waals surface area contributed by atoms with Crippen molar-refractivity contribution in [3.8, 4) is 0 Å². The minimum Gasteiger partial charge on any atom is -0.326 e. The molecule has 2 aromatic rings. The van der Waals surface area contributed by atoms with Crippen molar-refractivity contribution in [3.05, 3.63) is 35.9 Å². The van der Waals surface area contributed by atoms with Gasteiger partial charge in [0.25, 0.3) is 0 Å². The van der Waals surface area contributed by atoms with Crippen molar-refractivity contribution in [1.29, 1.82) is 0 Å². The fourth-order valence-corrected chi connectivity index (χ4v) is 3.21. The van der Waals surface area contributed by atoms with Gasteiger partial charge in [-0.2, -0.15) is 0 Å². The summed E-state index contributed by atoms with van der Waals surface area (Å²) in [7, 11) is 0. The predicted octanol–water partition coefficient (Wildman–Crippen LogP) is 2.07. The summed E-state index contributed by atoms with van der Waals surface area (Å²) < 4.78 is 2.21. The summed E-state index contributed by atoms with van der Waals surface area (Å²) in [5.41, 5.74) is 8.12. The van der Waals surface area contributed by atoms with E-state index in [0.29, 0.717) is 12.6 Å².